The smallest absolute Gasteiger partial charge is 0.229 e. The van der Waals surface area contributed by atoms with Gasteiger partial charge in [0.2, 0.25) is 5.16 Å². The second-order valence-electron chi connectivity index (χ2n) is 5.00. The molecule has 8 heteroatoms. The molecule has 0 aliphatic heterocycles. The van der Waals surface area contributed by atoms with Gasteiger partial charge in [0.05, 0.1) is 0 Å². The van der Waals surface area contributed by atoms with Crippen molar-refractivity contribution in [3.8, 4) is 0 Å². The Labute approximate surface area is 134 Å². The Kier molecular flexibility index (Phi) is 3.08. The molecule has 4 aromatic rings. The zero-order valence-corrected chi connectivity index (χ0v) is 13.9. The van der Waals surface area contributed by atoms with Gasteiger partial charge in [-0.3, -0.25) is 0 Å². The van der Waals surface area contributed by atoms with Crippen LogP contribution in [-0.4, -0.2) is 29.5 Å². The molecule has 0 aliphatic carbocycles. The van der Waals surface area contributed by atoms with Gasteiger partial charge in [0.1, 0.15) is 16.2 Å². The van der Waals surface area contributed by atoms with E-state index in [1.165, 1.54) is 16.6 Å². The third-order valence-corrected chi connectivity index (χ3v) is 5.04. The minimum absolute atomic E-state index is 0.617. The van der Waals surface area contributed by atoms with Gasteiger partial charge in [-0.25, -0.2) is 19.5 Å². The fourth-order valence-corrected chi connectivity index (χ4v) is 4.01. The quantitative estimate of drug-likeness (QED) is 0.526. The molecule has 6 nitrogen and oxygen atoms in total. The monoisotopic (exact) mass is 328 g/mol. The van der Waals surface area contributed by atoms with Crippen LogP contribution >= 0.6 is 23.1 Å². The minimum Gasteiger partial charge on any atom is -0.229 e. The van der Waals surface area contributed by atoms with E-state index < -0.39 is 0 Å². The van der Waals surface area contributed by atoms with Crippen LogP contribution < -0.4 is 0 Å². The Morgan fingerprint density at radius 3 is 2.82 bits per heavy atom. The number of hydrogen-bond donors (Lipinski definition) is 0. The molecule has 0 saturated carbocycles. The largest absolute Gasteiger partial charge is 0.253 e. The fraction of sp³-hybridized carbons (Fsp3) is 0.214. The van der Waals surface area contributed by atoms with E-state index in [0.29, 0.717) is 10.9 Å². The van der Waals surface area contributed by atoms with Crippen LogP contribution in [-0.2, 0) is 0 Å². The van der Waals surface area contributed by atoms with Gasteiger partial charge in [-0.15, -0.1) is 16.4 Å². The van der Waals surface area contributed by atoms with Crippen LogP contribution in [0.1, 0.15) is 16.3 Å². The molecule has 0 saturated heterocycles. The predicted octanol–water partition coefficient (Wildman–Crippen LogP) is 3.21. The zero-order valence-electron chi connectivity index (χ0n) is 12.2. The summed E-state index contributed by atoms with van der Waals surface area (Å²) in [6.07, 6.45) is 1.59. The number of nitrogens with zero attached hydrogens (tertiary/aromatic N) is 6. The lowest BCUT2D eigenvalue weighted by molar-refractivity contribution is 0.842. The molecule has 0 radical (unpaired) electrons. The van der Waals surface area contributed by atoms with E-state index in [1.807, 2.05) is 19.9 Å². The Morgan fingerprint density at radius 1 is 1.09 bits per heavy atom. The van der Waals surface area contributed by atoms with Gasteiger partial charge < -0.3 is 0 Å². The molecule has 0 aromatic carbocycles. The van der Waals surface area contributed by atoms with Gasteiger partial charge in [0.25, 0.3) is 5.78 Å². The second kappa shape index (κ2) is 4.99. The van der Waals surface area contributed by atoms with Crippen LogP contribution in [0.5, 0.6) is 0 Å². The molecule has 4 heterocycles. The van der Waals surface area contributed by atoms with Crippen molar-refractivity contribution in [3.05, 3.63) is 34.7 Å². The third kappa shape index (κ3) is 2.24. The van der Waals surface area contributed by atoms with Crippen LogP contribution in [0.2, 0.25) is 0 Å². The van der Waals surface area contributed by atoms with Crippen molar-refractivity contribution < 1.29 is 0 Å². The number of aryl methyl sites for hydroxylation is 3. The van der Waals surface area contributed by atoms with Crippen molar-refractivity contribution in [3.63, 3.8) is 0 Å². The zero-order chi connectivity index (χ0) is 15.3. The fourth-order valence-electron chi connectivity index (χ4n) is 2.31. The van der Waals surface area contributed by atoms with Crippen molar-refractivity contribution in [2.24, 2.45) is 0 Å². The molecule has 0 spiro atoms. The summed E-state index contributed by atoms with van der Waals surface area (Å²) in [6.45, 7) is 6.02. The van der Waals surface area contributed by atoms with E-state index in [4.69, 9.17) is 0 Å². The van der Waals surface area contributed by atoms with Gasteiger partial charge in [-0.2, -0.15) is 4.98 Å². The summed E-state index contributed by atoms with van der Waals surface area (Å²) in [4.78, 5) is 19.8. The van der Waals surface area contributed by atoms with Gasteiger partial charge >= 0.3 is 0 Å². The summed E-state index contributed by atoms with van der Waals surface area (Å²) in [6, 6.07) is 4.09. The molecule has 0 unspecified atom stereocenters. The first kappa shape index (κ1) is 13.6. The lowest BCUT2D eigenvalue weighted by atomic mass is 10.4. The van der Waals surface area contributed by atoms with Crippen molar-refractivity contribution in [1.82, 2.24) is 29.5 Å². The minimum atomic E-state index is 0.617. The molecular weight excluding hydrogens is 316 g/mol. The highest BCUT2D eigenvalue weighted by Crippen LogP contribution is 2.33. The Morgan fingerprint density at radius 2 is 1.95 bits per heavy atom. The van der Waals surface area contributed by atoms with E-state index in [9.17, 15) is 0 Å². The number of thiophene rings is 1. The Hall–Kier alpha value is -2.06. The van der Waals surface area contributed by atoms with Crippen LogP contribution in [0.3, 0.4) is 0 Å². The Bertz CT molecular complexity index is 1000. The second-order valence-corrected chi connectivity index (χ2v) is 7.19. The van der Waals surface area contributed by atoms with Crippen molar-refractivity contribution in [2.45, 2.75) is 31.0 Å². The van der Waals surface area contributed by atoms with Crippen LogP contribution in [0.25, 0.3) is 16.0 Å². The first-order valence-electron chi connectivity index (χ1n) is 6.70. The molecule has 4 rings (SSSR count). The van der Waals surface area contributed by atoms with Crippen molar-refractivity contribution in [2.75, 3.05) is 0 Å². The molecule has 4 aromatic heterocycles. The third-order valence-electron chi connectivity index (χ3n) is 3.20. The summed E-state index contributed by atoms with van der Waals surface area (Å²) in [7, 11) is 0. The van der Waals surface area contributed by atoms with E-state index in [-0.39, 0.29) is 0 Å². The standard InChI is InChI=1S/C14H12N6S2/c1-7-4-8(2)20-13(17-7)18-14(19-20)22-12-10-5-9(3)21-11(10)15-6-16-12/h4-6H,1-3H3. The van der Waals surface area contributed by atoms with E-state index >= 15 is 0 Å². The maximum absolute atomic E-state index is 4.51. The van der Waals surface area contributed by atoms with E-state index in [2.05, 4.69) is 38.0 Å². The van der Waals surface area contributed by atoms with Gasteiger partial charge in [0.15, 0.2) is 0 Å². The van der Waals surface area contributed by atoms with E-state index in [0.717, 1.165) is 26.6 Å². The molecule has 0 aliphatic rings. The van der Waals surface area contributed by atoms with Crippen molar-refractivity contribution >= 4 is 39.1 Å². The van der Waals surface area contributed by atoms with Gasteiger partial charge in [0, 0.05) is 21.7 Å². The van der Waals surface area contributed by atoms with Crippen LogP contribution in [0, 0.1) is 20.8 Å². The SMILES string of the molecule is Cc1cc(C)n2nc(Sc3ncnc4sc(C)cc34)nc2n1. The Balaban J connectivity index is 1.80. The summed E-state index contributed by atoms with van der Waals surface area (Å²) < 4.78 is 1.76. The van der Waals surface area contributed by atoms with Crippen molar-refractivity contribution in [1.29, 1.82) is 0 Å². The lowest BCUT2D eigenvalue weighted by Gasteiger charge is -1.97. The average Bonchev–Trinajstić information content (AvgIpc) is 3.01. The van der Waals surface area contributed by atoms with Gasteiger partial charge in [-0.1, -0.05) is 0 Å². The highest BCUT2D eigenvalue weighted by atomic mass is 32.2. The summed E-state index contributed by atoms with van der Waals surface area (Å²) >= 11 is 3.11. The number of rotatable bonds is 2. The molecule has 0 N–H and O–H groups in total. The maximum Gasteiger partial charge on any atom is 0.253 e. The predicted molar refractivity (Wildman–Crippen MR) is 86.5 cm³/mol. The first-order chi connectivity index (χ1) is 10.6. The maximum atomic E-state index is 4.51. The molecular formula is C14H12N6S2. The number of aromatic nitrogens is 6. The number of fused-ring (bicyclic) bond motifs is 2. The summed E-state index contributed by atoms with van der Waals surface area (Å²) in [5.74, 6) is 0.617. The molecule has 0 bridgehead atoms. The van der Waals surface area contributed by atoms with Gasteiger partial charge in [-0.05, 0) is 44.7 Å². The molecule has 0 fully saturated rings. The molecule has 0 amide bonds. The normalized spacial score (nSPS) is 11.6. The van der Waals surface area contributed by atoms with Crippen LogP contribution in [0.15, 0.2) is 28.6 Å². The number of hydrogen-bond acceptors (Lipinski definition) is 7. The summed E-state index contributed by atoms with van der Waals surface area (Å²) in [5, 5.41) is 7.08. The highest BCUT2D eigenvalue weighted by Gasteiger charge is 2.13. The lowest BCUT2D eigenvalue weighted by Crippen LogP contribution is -1.97. The van der Waals surface area contributed by atoms with Crippen LogP contribution in [0.4, 0.5) is 0 Å². The average molecular weight is 328 g/mol. The molecule has 22 heavy (non-hydrogen) atoms. The highest BCUT2D eigenvalue weighted by molar-refractivity contribution is 7.99. The molecule has 0 atom stereocenters. The molecule has 110 valence electrons. The first-order valence-corrected chi connectivity index (χ1v) is 8.33. The summed E-state index contributed by atoms with van der Waals surface area (Å²) in [5.41, 5.74) is 1.95. The van der Waals surface area contributed by atoms with E-state index in [1.54, 1.807) is 22.2 Å². The topological polar surface area (TPSA) is 68.9 Å².